The maximum absolute atomic E-state index is 12.7. The first-order valence-electron chi connectivity index (χ1n) is 13.8. The molecule has 1 aromatic heterocycles. The van der Waals surface area contributed by atoms with Gasteiger partial charge in [-0.2, -0.15) is 9.78 Å². The predicted octanol–water partition coefficient (Wildman–Crippen LogP) is 6.94. The van der Waals surface area contributed by atoms with Crippen molar-refractivity contribution < 1.29 is 14.3 Å². The summed E-state index contributed by atoms with van der Waals surface area (Å²) in [5, 5.41) is 8.10. The van der Waals surface area contributed by atoms with Gasteiger partial charge in [-0.15, -0.1) is 0 Å². The molecule has 1 aliphatic rings. The van der Waals surface area contributed by atoms with Gasteiger partial charge >= 0.3 is 5.97 Å². The quantitative estimate of drug-likeness (QED) is 0.259. The summed E-state index contributed by atoms with van der Waals surface area (Å²) in [6, 6.07) is 22.0. The van der Waals surface area contributed by atoms with Crippen LogP contribution in [-0.2, 0) is 9.59 Å². The zero-order valence-corrected chi connectivity index (χ0v) is 23.8. The number of hydrogen-bond donors (Lipinski definition) is 1. The number of nitrogens with zero attached hydrogens (tertiary/aromatic N) is 3. The second-order valence-electron chi connectivity index (χ2n) is 10.8. The third-order valence-corrected chi connectivity index (χ3v) is 7.50. The van der Waals surface area contributed by atoms with Crippen molar-refractivity contribution in [3.63, 3.8) is 0 Å². The molecule has 0 aliphatic heterocycles. The Balaban J connectivity index is 1.64. The van der Waals surface area contributed by atoms with E-state index in [2.05, 4.69) is 5.32 Å². The molecule has 1 aliphatic carbocycles. The molecule has 1 heterocycles. The summed E-state index contributed by atoms with van der Waals surface area (Å²) in [6.07, 6.45) is 4.11. The van der Waals surface area contributed by atoms with Crippen LogP contribution in [0.5, 0.6) is 5.88 Å². The minimum Gasteiger partial charge on any atom is -0.407 e. The number of hydrogen-bond acceptors (Lipinski definition) is 5. The average Bonchev–Trinajstić information content (AvgIpc) is 3.59. The van der Waals surface area contributed by atoms with E-state index < -0.39 is 5.97 Å². The molecule has 1 N–H and O–H groups in total. The SMILES string of the molecule is CC(=O)Oc1c(-c2ccc(NC(=O)C3CCCC3)cc2)c(-c2ccc(N(C)C)cc2)nn1-c1cc(C)ccc1C. The van der Waals surface area contributed by atoms with Crippen LogP contribution in [0.1, 0.15) is 43.7 Å². The molecule has 7 nitrogen and oxygen atoms in total. The lowest BCUT2D eigenvalue weighted by Crippen LogP contribution is -2.20. The molecule has 0 radical (unpaired) electrons. The molecule has 0 unspecified atom stereocenters. The number of carbonyl (C=O) groups excluding carboxylic acids is 2. The van der Waals surface area contributed by atoms with Gasteiger partial charge in [0, 0.05) is 43.9 Å². The zero-order chi connectivity index (χ0) is 28.4. The van der Waals surface area contributed by atoms with E-state index in [9.17, 15) is 9.59 Å². The maximum Gasteiger partial charge on any atom is 0.309 e. The highest BCUT2D eigenvalue weighted by atomic mass is 16.5. The summed E-state index contributed by atoms with van der Waals surface area (Å²) >= 11 is 0. The largest absolute Gasteiger partial charge is 0.407 e. The van der Waals surface area contributed by atoms with E-state index in [1.54, 1.807) is 4.68 Å². The first-order valence-corrected chi connectivity index (χ1v) is 13.8. The van der Waals surface area contributed by atoms with Crippen molar-refractivity contribution in [1.82, 2.24) is 9.78 Å². The molecule has 1 amide bonds. The Morgan fingerprint density at radius 3 is 2.20 bits per heavy atom. The molecule has 206 valence electrons. The Bertz CT molecular complexity index is 1530. The fraction of sp³-hybridized carbons (Fsp3) is 0.303. The monoisotopic (exact) mass is 536 g/mol. The van der Waals surface area contributed by atoms with Crippen LogP contribution in [0.25, 0.3) is 28.1 Å². The highest BCUT2D eigenvalue weighted by molar-refractivity contribution is 5.93. The molecule has 4 aromatic rings. The van der Waals surface area contributed by atoms with Crippen molar-refractivity contribution in [2.75, 3.05) is 24.3 Å². The number of esters is 1. The second-order valence-corrected chi connectivity index (χ2v) is 10.8. The Morgan fingerprint density at radius 2 is 1.57 bits per heavy atom. The Kier molecular flexibility index (Phi) is 7.74. The molecule has 1 fully saturated rings. The zero-order valence-electron chi connectivity index (χ0n) is 23.8. The molecule has 0 atom stereocenters. The van der Waals surface area contributed by atoms with Gasteiger partial charge < -0.3 is 15.0 Å². The Morgan fingerprint density at radius 1 is 0.925 bits per heavy atom. The Hall–Kier alpha value is -4.39. The minimum absolute atomic E-state index is 0.0789. The molecule has 3 aromatic carbocycles. The first kappa shape index (κ1) is 27.2. The molecular weight excluding hydrogens is 500 g/mol. The molecule has 40 heavy (non-hydrogen) atoms. The Labute approximate surface area is 235 Å². The van der Waals surface area contributed by atoms with Crippen LogP contribution >= 0.6 is 0 Å². The van der Waals surface area contributed by atoms with Crippen LogP contribution in [0.4, 0.5) is 11.4 Å². The van der Waals surface area contributed by atoms with E-state index in [0.29, 0.717) is 17.1 Å². The van der Waals surface area contributed by atoms with E-state index in [1.807, 2.05) is 99.6 Å². The lowest BCUT2D eigenvalue weighted by molar-refractivity contribution is -0.132. The van der Waals surface area contributed by atoms with Gasteiger partial charge in [0.15, 0.2) is 0 Å². The standard InChI is InChI=1S/C33H36N4O3/c1-21-10-11-22(2)29(20-21)37-33(40-23(3)38)30(31(35-37)25-14-18-28(19-15-25)36(4)5)24-12-16-27(17-13-24)34-32(39)26-8-6-7-9-26/h10-20,26H,6-9H2,1-5H3,(H,34,39). The molecule has 0 bridgehead atoms. The van der Waals surface area contributed by atoms with E-state index in [0.717, 1.165) is 65.0 Å². The molecular formula is C33H36N4O3. The van der Waals surface area contributed by atoms with Gasteiger partial charge in [0.05, 0.1) is 11.3 Å². The van der Waals surface area contributed by atoms with Crippen molar-refractivity contribution >= 4 is 23.3 Å². The first-order chi connectivity index (χ1) is 19.2. The molecule has 0 saturated heterocycles. The van der Waals surface area contributed by atoms with E-state index >= 15 is 0 Å². The number of amides is 1. The molecule has 1 saturated carbocycles. The number of nitrogens with one attached hydrogen (secondary N) is 1. The topological polar surface area (TPSA) is 76.5 Å². The summed E-state index contributed by atoms with van der Waals surface area (Å²) in [7, 11) is 4.00. The fourth-order valence-electron chi connectivity index (χ4n) is 5.28. The van der Waals surface area contributed by atoms with Crippen LogP contribution in [0.15, 0.2) is 66.7 Å². The van der Waals surface area contributed by atoms with Gasteiger partial charge in [0.2, 0.25) is 11.8 Å². The number of carbonyl (C=O) groups is 2. The average molecular weight is 537 g/mol. The third-order valence-electron chi connectivity index (χ3n) is 7.50. The predicted molar refractivity (Wildman–Crippen MR) is 160 cm³/mol. The summed E-state index contributed by atoms with van der Waals surface area (Å²) < 4.78 is 7.62. The van der Waals surface area contributed by atoms with Gasteiger partial charge in [-0.05, 0) is 73.7 Å². The maximum atomic E-state index is 12.7. The van der Waals surface area contributed by atoms with Crippen LogP contribution in [-0.4, -0.2) is 35.8 Å². The van der Waals surface area contributed by atoms with Crippen LogP contribution in [0.3, 0.4) is 0 Å². The van der Waals surface area contributed by atoms with Gasteiger partial charge in [-0.3, -0.25) is 9.59 Å². The number of ether oxygens (including phenoxy) is 1. The van der Waals surface area contributed by atoms with Crippen molar-refractivity contribution in [3.8, 4) is 34.0 Å². The number of aromatic nitrogens is 2. The van der Waals surface area contributed by atoms with Gasteiger partial charge in [-0.1, -0.05) is 49.2 Å². The summed E-state index contributed by atoms with van der Waals surface area (Å²) in [5.74, 6) is 0.0938. The highest BCUT2D eigenvalue weighted by Crippen LogP contribution is 2.42. The highest BCUT2D eigenvalue weighted by Gasteiger charge is 2.26. The number of aryl methyl sites for hydroxylation is 2. The van der Waals surface area contributed by atoms with Crippen LogP contribution in [0, 0.1) is 19.8 Å². The van der Waals surface area contributed by atoms with Crippen molar-refractivity contribution in [2.45, 2.75) is 46.5 Å². The van der Waals surface area contributed by atoms with Gasteiger partial charge in [-0.25, -0.2) is 0 Å². The third kappa shape index (κ3) is 5.64. The van der Waals surface area contributed by atoms with E-state index in [-0.39, 0.29) is 11.8 Å². The van der Waals surface area contributed by atoms with Gasteiger partial charge in [0.25, 0.3) is 0 Å². The molecule has 7 heteroatoms. The summed E-state index contributed by atoms with van der Waals surface area (Å²) in [6.45, 7) is 5.44. The second kappa shape index (κ2) is 11.4. The molecule has 5 rings (SSSR count). The van der Waals surface area contributed by atoms with Crippen LogP contribution in [0.2, 0.25) is 0 Å². The van der Waals surface area contributed by atoms with Gasteiger partial charge in [0.1, 0.15) is 5.69 Å². The lowest BCUT2D eigenvalue weighted by atomic mass is 10.0. The van der Waals surface area contributed by atoms with Crippen molar-refractivity contribution in [2.24, 2.45) is 5.92 Å². The summed E-state index contributed by atoms with van der Waals surface area (Å²) in [4.78, 5) is 27.1. The molecule has 0 spiro atoms. The number of rotatable bonds is 7. The van der Waals surface area contributed by atoms with Crippen LogP contribution < -0.4 is 15.0 Å². The fourth-order valence-corrected chi connectivity index (χ4v) is 5.28. The van der Waals surface area contributed by atoms with Crippen molar-refractivity contribution in [3.05, 3.63) is 77.9 Å². The smallest absolute Gasteiger partial charge is 0.309 e. The minimum atomic E-state index is -0.428. The van der Waals surface area contributed by atoms with E-state index in [4.69, 9.17) is 9.84 Å². The lowest BCUT2D eigenvalue weighted by Gasteiger charge is -2.13. The normalized spacial score (nSPS) is 13.3. The van der Waals surface area contributed by atoms with Crippen molar-refractivity contribution in [1.29, 1.82) is 0 Å². The number of benzene rings is 3. The summed E-state index contributed by atoms with van der Waals surface area (Å²) in [5.41, 5.74) is 7.88. The number of anilines is 2. The van der Waals surface area contributed by atoms with E-state index in [1.165, 1.54) is 6.92 Å².